The number of hydrogen-bond acceptors (Lipinski definition) is 3. The summed E-state index contributed by atoms with van der Waals surface area (Å²) in [5.74, 6) is 0.451. The second kappa shape index (κ2) is 7.66. The fourth-order valence-electron chi connectivity index (χ4n) is 2.28. The first-order valence-electron chi connectivity index (χ1n) is 6.38. The van der Waals surface area contributed by atoms with Crippen molar-refractivity contribution in [1.29, 1.82) is 0 Å². The summed E-state index contributed by atoms with van der Waals surface area (Å²) < 4.78 is 17.4. The molecule has 0 fully saturated rings. The molecule has 3 nitrogen and oxygen atoms in total. The van der Waals surface area contributed by atoms with E-state index in [0.717, 1.165) is 16.7 Å². The van der Waals surface area contributed by atoms with Crippen molar-refractivity contribution >= 4 is 32.4 Å². The molecule has 5 heteroatoms. The number of carbonyl (C=O) groups excluding carboxylic acids is 1. The molecule has 0 aromatic heterocycles. The maximum atomic E-state index is 12.3. The molecule has 2 aromatic carbocycles. The van der Waals surface area contributed by atoms with Crippen molar-refractivity contribution in [3.8, 4) is 5.75 Å². The Morgan fingerprint density at radius 3 is 2.05 bits per heavy atom. The zero-order chi connectivity index (χ0) is 14.7. The number of benzene rings is 2. The Morgan fingerprint density at radius 1 is 1.00 bits per heavy atom. The predicted octanol–water partition coefficient (Wildman–Crippen LogP) is 3.66. The summed E-state index contributed by atoms with van der Waals surface area (Å²) in [5, 5.41) is 0. The second-order valence-electron chi connectivity index (χ2n) is 4.81. The van der Waals surface area contributed by atoms with Gasteiger partial charge in [0.1, 0.15) is 5.75 Å². The number of hydrogen-bond donors (Lipinski definition) is 0. The topological polar surface area (TPSA) is 43.4 Å². The summed E-state index contributed by atoms with van der Waals surface area (Å²) in [6, 6.07) is 12.6. The third-order valence-corrected chi connectivity index (χ3v) is 4.09. The van der Waals surface area contributed by atoms with Gasteiger partial charge in [-0.15, -0.1) is 0 Å². The van der Waals surface area contributed by atoms with Gasteiger partial charge in [0.2, 0.25) is 0 Å². The molecule has 0 aliphatic heterocycles. The van der Waals surface area contributed by atoms with Crippen molar-refractivity contribution in [1.82, 2.24) is 0 Å². The van der Waals surface area contributed by atoms with Crippen molar-refractivity contribution in [3.63, 3.8) is 0 Å². The average Bonchev–Trinajstić information content (AvgIpc) is 2.38. The Balaban J connectivity index is 0.00000220. The van der Waals surface area contributed by atoms with Gasteiger partial charge in [0.05, 0.1) is 0 Å². The van der Waals surface area contributed by atoms with Crippen LogP contribution in [-0.2, 0) is 4.57 Å². The van der Waals surface area contributed by atoms with Crippen LogP contribution in [0.25, 0.3) is 0 Å². The summed E-state index contributed by atoms with van der Waals surface area (Å²) in [6.07, 6.45) is 0. The number of rotatable bonds is 4. The molecular formula is C16H18LiO3P. The van der Waals surface area contributed by atoms with Crippen LogP contribution in [0.1, 0.15) is 27.0 Å². The molecule has 0 bridgehead atoms. The van der Waals surface area contributed by atoms with Crippen molar-refractivity contribution in [2.75, 3.05) is 0 Å². The van der Waals surface area contributed by atoms with E-state index in [4.69, 9.17) is 4.52 Å². The Morgan fingerprint density at radius 2 is 1.52 bits per heavy atom. The quantitative estimate of drug-likeness (QED) is 0.639. The molecule has 0 N–H and O–H groups in total. The van der Waals surface area contributed by atoms with E-state index in [9.17, 15) is 9.36 Å². The first kappa shape index (κ1) is 17.8. The normalized spacial score (nSPS) is 11.4. The van der Waals surface area contributed by atoms with Crippen LogP contribution in [0, 0.1) is 20.8 Å². The van der Waals surface area contributed by atoms with Gasteiger partial charge in [-0.25, -0.2) is 0 Å². The molecule has 106 valence electrons. The molecule has 2 aromatic rings. The molecule has 2 rings (SSSR count). The molecule has 1 unspecified atom stereocenters. The van der Waals surface area contributed by atoms with Gasteiger partial charge in [0.15, 0.2) is 0 Å². The van der Waals surface area contributed by atoms with E-state index in [1.54, 1.807) is 24.3 Å². The zero-order valence-electron chi connectivity index (χ0n) is 11.8. The van der Waals surface area contributed by atoms with Crippen LogP contribution in [0.5, 0.6) is 5.75 Å². The van der Waals surface area contributed by atoms with E-state index in [0.29, 0.717) is 11.3 Å². The first-order chi connectivity index (χ1) is 9.49. The van der Waals surface area contributed by atoms with Gasteiger partial charge >= 0.3 is 26.9 Å². The van der Waals surface area contributed by atoms with E-state index >= 15 is 0 Å². The molecule has 0 saturated carbocycles. The summed E-state index contributed by atoms with van der Waals surface area (Å²) in [6.45, 7) is 5.67. The Hall–Kier alpha value is -1.26. The van der Waals surface area contributed by atoms with E-state index in [1.807, 2.05) is 39.0 Å². The predicted molar refractivity (Wildman–Crippen MR) is 88.2 cm³/mol. The van der Waals surface area contributed by atoms with Crippen molar-refractivity contribution in [2.24, 2.45) is 0 Å². The van der Waals surface area contributed by atoms with Gasteiger partial charge in [-0.2, -0.15) is 0 Å². The molecule has 0 saturated heterocycles. The van der Waals surface area contributed by atoms with Gasteiger partial charge in [-0.05, 0) is 44.0 Å². The van der Waals surface area contributed by atoms with Crippen LogP contribution in [0.3, 0.4) is 0 Å². The minimum atomic E-state index is -2.82. The van der Waals surface area contributed by atoms with Crippen molar-refractivity contribution in [2.45, 2.75) is 20.8 Å². The van der Waals surface area contributed by atoms with Gasteiger partial charge in [-0.3, -0.25) is 9.36 Å². The van der Waals surface area contributed by atoms with Gasteiger partial charge in [-0.1, -0.05) is 35.9 Å². The monoisotopic (exact) mass is 296 g/mol. The van der Waals surface area contributed by atoms with Gasteiger partial charge in [0.25, 0.3) is 5.52 Å². The summed E-state index contributed by atoms with van der Waals surface area (Å²) in [7, 11) is -2.82. The molecule has 0 aliphatic rings. The number of para-hydroxylation sites is 1. The minimum absolute atomic E-state index is 0. The maximum absolute atomic E-state index is 12.3. The second-order valence-corrected chi connectivity index (χ2v) is 6.04. The van der Waals surface area contributed by atoms with Crippen LogP contribution in [0.2, 0.25) is 0 Å². The molecule has 1 atom stereocenters. The molecule has 0 heterocycles. The van der Waals surface area contributed by atoms with Crippen LogP contribution >= 0.6 is 8.03 Å². The summed E-state index contributed by atoms with van der Waals surface area (Å²) >= 11 is 0. The number of aryl methyl sites for hydroxylation is 3. The third kappa shape index (κ3) is 4.35. The van der Waals surface area contributed by atoms with Crippen molar-refractivity contribution < 1.29 is 13.9 Å². The van der Waals surface area contributed by atoms with Crippen LogP contribution < -0.4 is 4.52 Å². The van der Waals surface area contributed by atoms with E-state index in [1.165, 1.54) is 0 Å². The molecule has 21 heavy (non-hydrogen) atoms. The molecule has 0 radical (unpaired) electrons. The van der Waals surface area contributed by atoms with Crippen LogP contribution in [0.15, 0.2) is 42.5 Å². The Labute approximate surface area is 137 Å². The Kier molecular flexibility index (Phi) is 6.49. The summed E-state index contributed by atoms with van der Waals surface area (Å²) in [4.78, 5) is 12.3. The fraction of sp³-hybridized carbons (Fsp3) is 0.188. The van der Waals surface area contributed by atoms with Crippen LogP contribution in [-0.4, -0.2) is 24.4 Å². The third-order valence-electron chi connectivity index (χ3n) is 3.04. The van der Waals surface area contributed by atoms with E-state index in [-0.39, 0.29) is 18.9 Å². The van der Waals surface area contributed by atoms with Gasteiger partial charge in [0, 0.05) is 5.56 Å². The zero-order valence-corrected chi connectivity index (χ0v) is 12.8. The molecule has 0 spiro atoms. The summed E-state index contributed by atoms with van der Waals surface area (Å²) in [5.41, 5.74) is 2.84. The standard InChI is InChI=1S/C16H17O3P.Li.H/c1-11-9-12(2)15(13(3)10-11)16(17)20(18)19-14-7-5-4-6-8-14;;/h4-10,20H,1-3H3;;. The molecular weight excluding hydrogens is 278 g/mol. The fourth-order valence-corrected chi connectivity index (χ4v) is 3.32. The SMILES string of the molecule is Cc1cc(C)c(C(=O)[PH](=O)Oc2ccccc2)c(C)c1.[LiH]. The molecule has 0 amide bonds. The van der Waals surface area contributed by atoms with E-state index in [2.05, 4.69) is 0 Å². The first-order valence-corrected chi connectivity index (χ1v) is 7.70. The van der Waals surface area contributed by atoms with Gasteiger partial charge < -0.3 is 4.52 Å². The average molecular weight is 296 g/mol. The van der Waals surface area contributed by atoms with Crippen LogP contribution in [0.4, 0.5) is 0 Å². The molecule has 0 aliphatic carbocycles. The van der Waals surface area contributed by atoms with E-state index < -0.39 is 13.6 Å². The number of carbonyl (C=O) groups is 1. The Bertz CT molecular complexity index is 645. The van der Waals surface area contributed by atoms with Crippen molar-refractivity contribution in [3.05, 3.63) is 64.7 Å².